The van der Waals surface area contributed by atoms with Crippen molar-refractivity contribution in [2.75, 3.05) is 39.5 Å². The number of likely N-dealkylation sites (N-methyl/N-ethyl adjacent to an activating group) is 1. The number of nitrogens with zero attached hydrogens (tertiary/aromatic N) is 4. The highest BCUT2D eigenvalue weighted by molar-refractivity contribution is 8.13. The highest BCUT2D eigenvalue weighted by Crippen LogP contribution is 2.17. The van der Waals surface area contributed by atoms with Crippen molar-refractivity contribution in [3.05, 3.63) is 30.1 Å². The molecule has 5 heteroatoms. The van der Waals surface area contributed by atoms with E-state index in [2.05, 4.69) is 46.0 Å². The number of amidine groups is 1. The molecular weight excluding hydrogens is 256 g/mol. The van der Waals surface area contributed by atoms with Crippen molar-refractivity contribution in [2.45, 2.75) is 13.0 Å². The summed E-state index contributed by atoms with van der Waals surface area (Å²) in [6.07, 6.45) is 4.91. The first-order valence-electron chi connectivity index (χ1n) is 6.71. The number of hydrogen-bond acceptors (Lipinski definition) is 5. The van der Waals surface area contributed by atoms with Crippen LogP contribution in [0, 0.1) is 0 Å². The molecule has 0 saturated carbocycles. The first-order chi connectivity index (χ1) is 9.25. The molecule has 19 heavy (non-hydrogen) atoms. The van der Waals surface area contributed by atoms with E-state index in [1.54, 1.807) is 0 Å². The fourth-order valence-corrected chi connectivity index (χ4v) is 2.89. The lowest BCUT2D eigenvalue weighted by Gasteiger charge is -2.28. The van der Waals surface area contributed by atoms with E-state index in [9.17, 15) is 0 Å². The Kier molecular flexibility index (Phi) is 5.66. The third-order valence-corrected chi connectivity index (χ3v) is 4.13. The second-order valence-corrected chi connectivity index (χ2v) is 6.01. The molecule has 2 rings (SSSR count). The Morgan fingerprint density at radius 3 is 2.63 bits per heavy atom. The fourth-order valence-electron chi connectivity index (χ4n) is 1.91. The molecule has 0 aliphatic carbocycles. The molecule has 1 aromatic rings. The molecule has 0 bridgehead atoms. The van der Waals surface area contributed by atoms with Gasteiger partial charge in [0.1, 0.15) is 0 Å². The minimum absolute atomic E-state index is 0.919. The normalized spacial score (nSPS) is 15.4. The lowest BCUT2D eigenvalue weighted by molar-refractivity contribution is 0.328. The van der Waals surface area contributed by atoms with Crippen LogP contribution in [0.3, 0.4) is 0 Å². The predicted molar refractivity (Wildman–Crippen MR) is 82.6 cm³/mol. The van der Waals surface area contributed by atoms with Crippen LogP contribution in [0.25, 0.3) is 0 Å². The molecule has 104 valence electrons. The Labute approximate surface area is 119 Å². The predicted octanol–water partition coefficient (Wildman–Crippen LogP) is 1.94. The number of hydrogen-bond donors (Lipinski definition) is 0. The van der Waals surface area contributed by atoms with Crippen LogP contribution in [0.2, 0.25) is 0 Å². The van der Waals surface area contributed by atoms with Crippen molar-refractivity contribution in [1.29, 1.82) is 0 Å². The van der Waals surface area contributed by atoms with E-state index in [1.165, 1.54) is 22.9 Å². The van der Waals surface area contributed by atoms with Gasteiger partial charge in [0.05, 0.1) is 0 Å². The molecule has 0 amide bonds. The molecule has 0 N–H and O–H groups in total. The zero-order valence-electron chi connectivity index (χ0n) is 11.7. The monoisotopic (exact) mass is 278 g/mol. The van der Waals surface area contributed by atoms with Gasteiger partial charge in [0, 0.05) is 44.3 Å². The Morgan fingerprint density at radius 2 is 2.00 bits per heavy atom. The zero-order chi connectivity index (χ0) is 13.5. The summed E-state index contributed by atoms with van der Waals surface area (Å²) in [6, 6.07) is 4.16. The smallest absolute Gasteiger partial charge is 0.159 e. The van der Waals surface area contributed by atoms with Crippen LogP contribution in [0.15, 0.2) is 29.5 Å². The van der Waals surface area contributed by atoms with Crippen LogP contribution >= 0.6 is 11.8 Å². The van der Waals surface area contributed by atoms with Gasteiger partial charge in [-0.05, 0) is 38.2 Å². The summed E-state index contributed by atoms with van der Waals surface area (Å²) in [5.41, 5.74) is 1.29. The minimum atomic E-state index is 0.919. The van der Waals surface area contributed by atoms with E-state index >= 15 is 0 Å². The molecule has 0 unspecified atom stereocenters. The summed E-state index contributed by atoms with van der Waals surface area (Å²) in [7, 11) is 4.22. The van der Waals surface area contributed by atoms with Crippen molar-refractivity contribution < 1.29 is 0 Å². The van der Waals surface area contributed by atoms with Crippen molar-refractivity contribution in [1.82, 2.24) is 14.8 Å². The van der Waals surface area contributed by atoms with Gasteiger partial charge in [-0.2, -0.15) is 0 Å². The van der Waals surface area contributed by atoms with Crippen molar-refractivity contribution in [3.8, 4) is 0 Å². The average Bonchev–Trinajstić information content (AvgIpc) is 2.45. The number of aliphatic imine (C=N–C) groups is 1. The van der Waals surface area contributed by atoms with Gasteiger partial charge in [0.15, 0.2) is 5.17 Å². The zero-order valence-corrected chi connectivity index (χ0v) is 12.6. The van der Waals surface area contributed by atoms with Crippen LogP contribution in [0.1, 0.15) is 12.0 Å². The molecule has 0 atom stereocenters. The summed E-state index contributed by atoms with van der Waals surface area (Å²) < 4.78 is 0. The van der Waals surface area contributed by atoms with Gasteiger partial charge < -0.3 is 9.80 Å². The van der Waals surface area contributed by atoms with Crippen LogP contribution in [-0.2, 0) is 6.54 Å². The van der Waals surface area contributed by atoms with Gasteiger partial charge in [-0.1, -0.05) is 11.8 Å². The Balaban J connectivity index is 2.03. The maximum Gasteiger partial charge on any atom is 0.159 e. The number of thioether (sulfide) groups is 1. The Morgan fingerprint density at radius 1 is 1.21 bits per heavy atom. The fraction of sp³-hybridized carbons (Fsp3) is 0.571. The topological polar surface area (TPSA) is 31.7 Å². The van der Waals surface area contributed by atoms with Gasteiger partial charge in [0.2, 0.25) is 0 Å². The molecule has 0 fully saturated rings. The molecule has 1 aliphatic rings. The second-order valence-electron chi connectivity index (χ2n) is 4.95. The van der Waals surface area contributed by atoms with Gasteiger partial charge in [-0.3, -0.25) is 9.98 Å². The summed E-state index contributed by atoms with van der Waals surface area (Å²) in [5.74, 6) is 1.19. The van der Waals surface area contributed by atoms with Crippen molar-refractivity contribution in [2.24, 2.45) is 4.99 Å². The quantitative estimate of drug-likeness (QED) is 0.824. The summed E-state index contributed by atoms with van der Waals surface area (Å²) in [6.45, 7) is 3.95. The molecule has 0 aromatic carbocycles. The molecule has 2 heterocycles. The van der Waals surface area contributed by atoms with Crippen LogP contribution in [0.4, 0.5) is 0 Å². The Bertz CT molecular complexity index is 405. The van der Waals surface area contributed by atoms with Crippen LogP contribution in [0.5, 0.6) is 0 Å². The van der Waals surface area contributed by atoms with Crippen molar-refractivity contribution in [3.63, 3.8) is 0 Å². The number of aromatic nitrogens is 1. The largest absolute Gasteiger partial charge is 0.346 e. The molecule has 0 radical (unpaired) electrons. The molecule has 1 aliphatic heterocycles. The highest BCUT2D eigenvalue weighted by Gasteiger charge is 2.15. The second kappa shape index (κ2) is 7.50. The van der Waals surface area contributed by atoms with E-state index in [0.717, 1.165) is 26.2 Å². The van der Waals surface area contributed by atoms with Gasteiger partial charge in [-0.15, -0.1) is 0 Å². The standard InChI is InChI=1S/C14H22N4S/c1-17(2)9-10-18(14-16-6-3-11-19-14)12-13-4-7-15-8-5-13/h4-5,7-8H,3,6,9-12H2,1-2H3. The summed E-state index contributed by atoms with van der Waals surface area (Å²) >= 11 is 1.88. The molecular formula is C14H22N4S. The summed E-state index contributed by atoms with van der Waals surface area (Å²) in [5, 5.41) is 1.20. The van der Waals surface area contributed by atoms with E-state index in [1.807, 2.05) is 24.2 Å². The van der Waals surface area contributed by atoms with Crippen LogP contribution in [-0.4, -0.2) is 59.4 Å². The third-order valence-electron chi connectivity index (χ3n) is 2.99. The first-order valence-corrected chi connectivity index (χ1v) is 7.70. The lowest BCUT2D eigenvalue weighted by Crippen LogP contribution is -2.36. The van der Waals surface area contributed by atoms with Gasteiger partial charge >= 0.3 is 0 Å². The first kappa shape index (κ1) is 14.3. The third kappa shape index (κ3) is 4.84. The Hall–Kier alpha value is -1.07. The van der Waals surface area contributed by atoms with E-state index in [4.69, 9.17) is 0 Å². The lowest BCUT2D eigenvalue weighted by atomic mass is 10.2. The molecule has 1 aromatic heterocycles. The van der Waals surface area contributed by atoms with Gasteiger partial charge in [0.25, 0.3) is 0 Å². The van der Waals surface area contributed by atoms with Gasteiger partial charge in [-0.25, -0.2) is 0 Å². The van der Waals surface area contributed by atoms with E-state index < -0.39 is 0 Å². The molecule has 4 nitrogen and oxygen atoms in total. The van der Waals surface area contributed by atoms with Crippen LogP contribution < -0.4 is 0 Å². The van der Waals surface area contributed by atoms with E-state index in [0.29, 0.717) is 0 Å². The maximum atomic E-state index is 4.68. The van der Waals surface area contributed by atoms with E-state index in [-0.39, 0.29) is 0 Å². The summed E-state index contributed by atoms with van der Waals surface area (Å²) in [4.78, 5) is 13.4. The number of pyridine rings is 1. The number of rotatable bonds is 5. The van der Waals surface area contributed by atoms with Crippen molar-refractivity contribution >= 4 is 16.9 Å². The SMILES string of the molecule is CN(C)CCN(Cc1ccncc1)C1=NCCCS1. The molecule has 0 spiro atoms. The molecule has 0 saturated heterocycles. The highest BCUT2D eigenvalue weighted by atomic mass is 32.2. The minimum Gasteiger partial charge on any atom is -0.346 e. The maximum absolute atomic E-state index is 4.68. The average molecular weight is 278 g/mol.